The molecule has 1 atom stereocenters. The predicted molar refractivity (Wildman–Crippen MR) is 72.1 cm³/mol. The van der Waals surface area contributed by atoms with Gasteiger partial charge in [-0.1, -0.05) is 12.1 Å². The zero-order valence-corrected chi connectivity index (χ0v) is 11.7. The van der Waals surface area contributed by atoms with Gasteiger partial charge in [0.05, 0.1) is 6.61 Å². The van der Waals surface area contributed by atoms with E-state index in [1.807, 2.05) is 14.0 Å². The quantitative estimate of drug-likeness (QED) is 0.785. The molecule has 3 nitrogen and oxygen atoms in total. The summed E-state index contributed by atoms with van der Waals surface area (Å²) in [6, 6.07) is 4.04. The summed E-state index contributed by atoms with van der Waals surface area (Å²) in [5, 5.41) is 3.19. The van der Waals surface area contributed by atoms with Gasteiger partial charge in [-0.25, -0.2) is 8.78 Å². The zero-order valence-electron chi connectivity index (χ0n) is 11.7. The van der Waals surface area contributed by atoms with Crippen molar-refractivity contribution in [2.24, 2.45) is 0 Å². The smallest absolute Gasteiger partial charge is 0.163 e. The Morgan fingerprint density at radius 1 is 1.32 bits per heavy atom. The standard InChI is InChI=1S/C14H22F2N2O/c1-11(12-5-4-6-13(15)14(12)16)17-7-8-18(2)9-10-19-3/h4-6,11,17H,7-10H2,1-3H3. The van der Waals surface area contributed by atoms with Crippen LogP contribution in [0.25, 0.3) is 0 Å². The first-order valence-corrected chi connectivity index (χ1v) is 6.41. The van der Waals surface area contributed by atoms with Crippen molar-refractivity contribution in [2.45, 2.75) is 13.0 Å². The Kier molecular flexibility index (Phi) is 6.91. The second-order valence-corrected chi connectivity index (χ2v) is 4.61. The van der Waals surface area contributed by atoms with E-state index in [2.05, 4.69) is 10.2 Å². The first-order valence-electron chi connectivity index (χ1n) is 6.41. The molecule has 1 rings (SSSR count). The number of benzene rings is 1. The van der Waals surface area contributed by atoms with E-state index in [1.54, 1.807) is 13.2 Å². The van der Waals surface area contributed by atoms with Gasteiger partial charge in [-0.05, 0) is 20.0 Å². The maximum atomic E-state index is 13.6. The Morgan fingerprint density at radius 3 is 2.74 bits per heavy atom. The molecule has 1 aromatic carbocycles. The molecular formula is C14H22F2N2O. The average molecular weight is 272 g/mol. The molecule has 0 aromatic heterocycles. The maximum absolute atomic E-state index is 13.6. The molecule has 19 heavy (non-hydrogen) atoms. The minimum Gasteiger partial charge on any atom is -0.383 e. The second-order valence-electron chi connectivity index (χ2n) is 4.61. The fourth-order valence-electron chi connectivity index (χ4n) is 1.80. The van der Waals surface area contributed by atoms with Crippen LogP contribution in [0, 0.1) is 11.6 Å². The number of methoxy groups -OCH3 is 1. The van der Waals surface area contributed by atoms with Crippen LogP contribution in [-0.4, -0.2) is 45.3 Å². The molecule has 0 saturated carbocycles. The molecule has 5 heteroatoms. The van der Waals surface area contributed by atoms with Crippen LogP contribution in [0.5, 0.6) is 0 Å². The molecule has 0 amide bonds. The van der Waals surface area contributed by atoms with E-state index < -0.39 is 11.6 Å². The third kappa shape index (κ3) is 5.22. The summed E-state index contributed by atoms with van der Waals surface area (Å²) >= 11 is 0. The van der Waals surface area contributed by atoms with Crippen LogP contribution in [0.1, 0.15) is 18.5 Å². The maximum Gasteiger partial charge on any atom is 0.163 e. The lowest BCUT2D eigenvalue weighted by molar-refractivity contribution is 0.161. The minimum atomic E-state index is -0.802. The molecule has 0 bridgehead atoms. The van der Waals surface area contributed by atoms with Crippen LogP contribution in [0.3, 0.4) is 0 Å². The number of hydrogen-bond donors (Lipinski definition) is 1. The number of nitrogens with one attached hydrogen (secondary N) is 1. The number of ether oxygens (including phenoxy) is 1. The van der Waals surface area contributed by atoms with Gasteiger partial charge in [-0.15, -0.1) is 0 Å². The van der Waals surface area contributed by atoms with Crippen LogP contribution < -0.4 is 5.32 Å². The molecule has 0 aliphatic rings. The van der Waals surface area contributed by atoms with E-state index >= 15 is 0 Å². The molecule has 1 unspecified atom stereocenters. The van der Waals surface area contributed by atoms with Gasteiger partial charge in [-0.3, -0.25) is 0 Å². The van der Waals surface area contributed by atoms with Crippen LogP contribution in [0.15, 0.2) is 18.2 Å². The monoisotopic (exact) mass is 272 g/mol. The van der Waals surface area contributed by atoms with Gasteiger partial charge in [0, 0.05) is 38.3 Å². The summed E-state index contributed by atoms with van der Waals surface area (Å²) in [5.41, 5.74) is 0.361. The van der Waals surface area contributed by atoms with Gasteiger partial charge in [0.25, 0.3) is 0 Å². The Hall–Kier alpha value is -1.04. The number of likely N-dealkylation sites (N-methyl/N-ethyl adjacent to an activating group) is 1. The van der Waals surface area contributed by atoms with Crippen molar-refractivity contribution < 1.29 is 13.5 Å². The van der Waals surface area contributed by atoms with Crippen molar-refractivity contribution >= 4 is 0 Å². The summed E-state index contributed by atoms with van der Waals surface area (Å²) in [5.74, 6) is -1.57. The van der Waals surface area contributed by atoms with Gasteiger partial charge in [0.15, 0.2) is 11.6 Å². The molecule has 0 radical (unpaired) electrons. The lowest BCUT2D eigenvalue weighted by atomic mass is 10.1. The number of rotatable bonds is 8. The molecule has 0 saturated heterocycles. The normalized spacial score (nSPS) is 12.9. The van der Waals surface area contributed by atoms with Gasteiger partial charge in [0.1, 0.15) is 0 Å². The van der Waals surface area contributed by atoms with Gasteiger partial charge < -0.3 is 15.0 Å². The molecule has 0 spiro atoms. The Morgan fingerprint density at radius 2 is 2.05 bits per heavy atom. The first-order chi connectivity index (χ1) is 9.06. The average Bonchev–Trinajstić information content (AvgIpc) is 2.39. The molecule has 0 fully saturated rings. The summed E-state index contributed by atoms with van der Waals surface area (Å²) < 4.78 is 31.7. The van der Waals surface area contributed by atoms with E-state index in [4.69, 9.17) is 4.74 Å². The van der Waals surface area contributed by atoms with Gasteiger partial charge in [-0.2, -0.15) is 0 Å². The number of hydrogen-bond acceptors (Lipinski definition) is 3. The van der Waals surface area contributed by atoms with Crippen LogP contribution in [0.2, 0.25) is 0 Å². The van der Waals surface area contributed by atoms with Gasteiger partial charge >= 0.3 is 0 Å². The van der Waals surface area contributed by atoms with E-state index in [1.165, 1.54) is 6.07 Å². The number of halogens is 2. The van der Waals surface area contributed by atoms with Crippen molar-refractivity contribution in [3.05, 3.63) is 35.4 Å². The summed E-state index contributed by atoms with van der Waals surface area (Å²) in [7, 11) is 3.66. The highest BCUT2D eigenvalue weighted by atomic mass is 19.2. The van der Waals surface area contributed by atoms with Crippen LogP contribution in [0.4, 0.5) is 8.78 Å². The van der Waals surface area contributed by atoms with Crippen LogP contribution in [-0.2, 0) is 4.74 Å². The summed E-state index contributed by atoms with van der Waals surface area (Å²) in [6.45, 7) is 4.89. The molecule has 0 aliphatic heterocycles. The van der Waals surface area contributed by atoms with Crippen molar-refractivity contribution in [1.82, 2.24) is 10.2 Å². The highest BCUT2D eigenvalue weighted by Gasteiger charge is 2.13. The zero-order chi connectivity index (χ0) is 14.3. The van der Waals surface area contributed by atoms with E-state index in [0.717, 1.165) is 19.2 Å². The number of nitrogens with zero attached hydrogens (tertiary/aromatic N) is 1. The highest BCUT2D eigenvalue weighted by molar-refractivity contribution is 5.21. The first kappa shape index (κ1) is 16.0. The second kappa shape index (κ2) is 8.19. The highest BCUT2D eigenvalue weighted by Crippen LogP contribution is 2.18. The lowest BCUT2D eigenvalue weighted by Crippen LogP contribution is -2.32. The summed E-state index contributed by atoms with van der Waals surface area (Å²) in [6.07, 6.45) is 0. The van der Waals surface area contributed by atoms with Crippen molar-refractivity contribution in [2.75, 3.05) is 40.4 Å². The SMILES string of the molecule is COCCN(C)CCNC(C)c1cccc(F)c1F. The fourth-order valence-corrected chi connectivity index (χ4v) is 1.80. The third-order valence-electron chi connectivity index (χ3n) is 3.07. The Bertz CT molecular complexity index is 388. The van der Waals surface area contributed by atoms with E-state index in [-0.39, 0.29) is 6.04 Å². The van der Waals surface area contributed by atoms with E-state index in [9.17, 15) is 8.78 Å². The van der Waals surface area contributed by atoms with E-state index in [0.29, 0.717) is 18.7 Å². The van der Waals surface area contributed by atoms with Crippen molar-refractivity contribution in [3.63, 3.8) is 0 Å². The largest absolute Gasteiger partial charge is 0.383 e. The summed E-state index contributed by atoms with van der Waals surface area (Å²) in [4.78, 5) is 2.12. The lowest BCUT2D eigenvalue weighted by Gasteiger charge is -2.19. The van der Waals surface area contributed by atoms with Gasteiger partial charge in [0.2, 0.25) is 0 Å². The minimum absolute atomic E-state index is 0.216. The topological polar surface area (TPSA) is 24.5 Å². The van der Waals surface area contributed by atoms with Crippen molar-refractivity contribution in [3.8, 4) is 0 Å². The Labute approximate surface area is 113 Å². The molecular weight excluding hydrogens is 250 g/mol. The molecule has 1 aromatic rings. The molecule has 108 valence electrons. The predicted octanol–water partition coefficient (Wildman–Crippen LogP) is 2.19. The van der Waals surface area contributed by atoms with Crippen LogP contribution >= 0.6 is 0 Å². The Balaban J connectivity index is 2.39. The van der Waals surface area contributed by atoms with Crippen molar-refractivity contribution in [1.29, 1.82) is 0 Å². The fraction of sp³-hybridized carbons (Fsp3) is 0.571. The molecule has 0 aliphatic carbocycles. The molecule has 0 heterocycles. The molecule has 1 N–H and O–H groups in total. The third-order valence-corrected chi connectivity index (χ3v) is 3.07.